The van der Waals surface area contributed by atoms with E-state index in [0.717, 1.165) is 20.2 Å². The lowest BCUT2D eigenvalue weighted by Crippen LogP contribution is -2.12. The number of nitrogens with one attached hydrogen (secondary N) is 1. The second-order valence-electron chi connectivity index (χ2n) is 3.91. The summed E-state index contributed by atoms with van der Waals surface area (Å²) in [5.74, 6) is 0.261. The normalized spacial score (nSPS) is 10.3. The fraction of sp³-hybridized carbons (Fsp3) is 0.0714. The molecule has 2 aromatic rings. The summed E-state index contributed by atoms with van der Waals surface area (Å²) in [7, 11) is 0. The van der Waals surface area contributed by atoms with Crippen LogP contribution in [0.1, 0.15) is 15.9 Å². The van der Waals surface area contributed by atoms with E-state index in [-0.39, 0.29) is 5.91 Å². The molecule has 19 heavy (non-hydrogen) atoms. The van der Waals surface area contributed by atoms with Crippen molar-refractivity contribution in [2.45, 2.75) is 5.88 Å². The molecule has 0 bridgehead atoms. The number of carbonyl (C=O) groups is 1. The highest BCUT2D eigenvalue weighted by molar-refractivity contribution is 9.11. The smallest absolute Gasteiger partial charge is 0.256 e. The topological polar surface area (TPSA) is 29.1 Å². The van der Waals surface area contributed by atoms with Crippen LogP contribution in [0.25, 0.3) is 0 Å². The van der Waals surface area contributed by atoms with Gasteiger partial charge in [-0.25, -0.2) is 0 Å². The summed E-state index contributed by atoms with van der Waals surface area (Å²) in [5, 5.41) is 2.85. The Labute approximate surface area is 133 Å². The molecule has 0 unspecified atom stereocenters. The van der Waals surface area contributed by atoms with Gasteiger partial charge in [0.25, 0.3) is 5.91 Å². The van der Waals surface area contributed by atoms with Crippen molar-refractivity contribution in [2.24, 2.45) is 0 Å². The van der Waals surface area contributed by atoms with E-state index in [9.17, 15) is 4.79 Å². The number of alkyl halides is 1. The summed E-state index contributed by atoms with van der Waals surface area (Å²) in [4.78, 5) is 12.2. The van der Waals surface area contributed by atoms with Crippen LogP contribution in [0.4, 0.5) is 5.69 Å². The first-order valence-corrected chi connectivity index (χ1v) is 7.63. The van der Waals surface area contributed by atoms with E-state index in [1.54, 1.807) is 6.07 Å². The zero-order valence-corrected chi connectivity index (χ0v) is 13.7. The Morgan fingerprint density at radius 2 is 1.95 bits per heavy atom. The van der Waals surface area contributed by atoms with Crippen molar-refractivity contribution in [2.75, 3.05) is 5.32 Å². The van der Waals surface area contributed by atoms with Gasteiger partial charge in [0.05, 0.1) is 5.56 Å². The highest BCUT2D eigenvalue weighted by Crippen LogP contribution is 2.23. The van der Waals surface area contributed by atoms with Crippen LogP contribution in [0.15, 0.2) is 51.4 Å². The minimum Gasteiger partial charge on any atom is -0.322 e. The largest absolute Gasteiger partial charge is 0.322 e. The second kappa shape index (κ2) is 6.55. The molecule has 0 radical (unpaired) electrons. The van der Waals surface area contributed by atoms with E-state index in [0.29, 0.717) is 11.4 Å². The first kappa shape index (κ1) is 14.6. The van der Waals surface area contributed by atoms with Gasteiger partial charge in [0.2, 0.25) is 0 Å². The highest BCUT2D eigenvalue weighted by atomic mass is 79.9. The Hall–Kier alpha value is -0.840. The van der Waals surface area contributed by atoms with Crippen molar-refractivity contribution in [3.8, 4) is 0 Å². The zero-order chi connectivity index (χ0) is 13.8. The molecule has 0 heterocycles. The number of benzene rings is 2. The maximum Gasteiger partial charge on any atom is 0.256 e. The van der Waals surface area contributed by atoms with Gasteiger partial charge in [0, 0.05) is 20.5 Å². The van der Waals surface area contributed by atoms with Crippen molar-refractivity contribution < 1.29 is 4.79 Å². The highest BCUT2D eigenvalue weighted by Gasteiger charge is 2.10. The lowest BCUT2D eigenvalue weighted by molar-refractivity contribution is 0.102. The number of rotatable bonds is 3. The maximum atomic E-state index is 12.2. The number of hydrogen-bond acceptors (Lipinski definition) is 1. The molecule has 2 aromatic carbocycles. The average Bonchev–Trinajstić information content (AvgIpc) is 2.38. The lowest BCUT2D eigenvalue weighted by atomic mass is 10.2. The van der Waals surface area contributed by atoms with E-state index in [1.165, 1.54) is 0 Å². The Bertz CT molecular complexity index is 616. The molecule has 2 nitrogen and oxygen atoms in total. The average molecular weight is 404 g/mol. The molecule has 1 amide bonds. The van der Waals surface area contributed by atoms with Gasteiger partial charge in [-0.15, -0.1) is 11.6 Å². The quantitative estimate of drug-likeness (QED) is 0.701. The summed E-state index contributed by atoms with van der Waals surface area (Å²) in [5.41, 5.74) is 2.28. The molecule has 0 aliphatic heterocycles. The fourth-order valence-electron chi connectivity index (χ4n) is 1.60. The minimum atomic E-state index is -0.161. The van der Waals surface area contributed by atoms with Gasteiger partial charge in [-0.1, -0.05) is 28.1 Å². The molecule has 98 valence electrons. The van der Waals surface area contributed by atoms with Crippen LogP contribution < -0.4 is 5.32 Å². The van der Waals surface area contributed by atoms with Crippen molar-refractivity contribution >= 4 is 55.1 Å². The molecule has 0 fully saturated rings. The molecular formula is C14H10Br2ClNO. The molecule has 0 aromatic heterocycles. The van der Waals surface area contributed by atoms with Crippen molar-refractivity contribution in [3.63, 3.8) is 0 Å². The molecule has 0 saturated heterocycles. The predicted molar refractivity (Wildman–Crippen MR) is 85.8 cm³/mol. The monoisotopic (exact) mass is 401 g/mol. The van der Waals surface area contributed by atoms with Gasteiger partial charge in [-0.2, -0.15) is 0 Å². The van der Waals surface area contributed by atoms with Gasteiger partial charge in [0.15, 0.2) is 0 Å². The molecular weight excluding hydrogens is 393 g/mol. The third kappa shape index (κ3) is 3.81. The van der Waals surface area contributed by atoms with E-state index >= 15 is 0 Å². The molecule has 0 aliphatic carbocycles. The van der Waals surface area contributed by atoms with Gasteiger partial charge in [0.1, 0.15) is 0 Å². The van der Waals surface area contributed by atoms with Crippen LogP contribution >= 0.6 is 43.5 Å². The second-order valence-corrected chi connectivity index (χ2v) is 5.95. The van der Waals surface area contributed by atoms with Crippen molar-refractivity contribution in [3.05, 3.63) is 62.5 Å². The first-order chi connectivity index (χ1) is 9.10. The number of carbonyl (C=O) groups excluding carboxylic acids is 1. The van der Waals surface area contributed by atoms with Crippen LogP contribution in [-0.2, 0) is 5.88 Å². The van der Waals surface area contributed by atoms with E-state index < -0.39 is 0 Å². The SMILES string of the molecule is O=C(Nc1cccc(CCl)c1)c1ccc(Br)cc1Br. The summed E-state index contributed by atoms with van der Waals surface area (Å²) in [6, 6.07) is 12.9. The third-order valence-corrected chi connectivity index (χ3v) is 3.97. The number of amides is 1. The molecule has 0 spiro atoms. The zero-order valence-electron chi connectivity index (χ0n) is 9.79. The van der Waals surface area contributed by atoms with Gasteiger partial charge in [-0.3, -0.25) is 4.79 Å². The van der Waals surface area contributed by atoms with Crippen LogP contribution in [0, 0.1) is 0 Å². The van der Waals surface area contributed by atoms with Crippen LogP contribution in [0.2, 0.25) is 0 Å². The summed E-state index contributed by atoms with van der Waals surface area (Å²) < 4.78 is 1.66. The Balaban J connectivity index is 2.20. The predicted octanol–water partition coefficient (Wildman–Crippen LogP) is 5.20. The summed E-state index contributed by atoms with van der Waals surface area (Å²) >= 11 is 12.5. The van der Waals surface area contributed by atoms with Crippen LogP contribution in [0.5, 0.6) is 0 Å². The Morgan fingerprint density at radius 3 is 2.63 bits per heavy atom. The number of anilines is 1. The first-order valence-electron chi connectivity index (χ1n) is 5.51. The number of halogens is 3. The Kier molecular flexibility index (Phi) is 5.02. The maximum absolute atomic E-state index is 12.2. The standard InChI is InChI=1S/C14H10Br2ClNO/c15-10-4-5-12(13(16)7-10)14(19)18-11-3-1-2-9(6-11)8-17/h1-7H,8H2,(H,18,19). The molecule has 0 aliphatic rings. The third-order valence-electron chi connectivity index (χ3n) is 2.51. The van der Waals surface area contributed by atoms with Crippen molar-refractivity contribution in [1.82, 2.24) is 0 Å². The minimum absolute atomic E-state index is 0.161. The fourth-order valence-corrected chi connectivity index (χ4v) is 3.00. The lowest BCUT2D eigenvalue weighted by Gasteiger charge is -2.08. The van der Waals surface area contributed by atoms with Gasteiger partial charge in [-0.05, 0) is 51.8 Å². The molecule has 0 atom stereocenters. The van der Waals surface area contributed by atoms with E-state index in [1.807, 2.05) is 36.4 Å². The molecule has 1 N–H and O–H groups in total. The van der Waals surface area contributed by atoms with E-state index in [4.69, 9.17) is 11.6 Å². The molecule has 2 rings (SSSR count). The van der Waals surface area contributed by atoms with E-state index in [2.05, 4.69) is 37.2 Å². The van der Waals surface area contributed by atoms with Gasteiger partial charge < -0.3 is 5.32 Å². The molecule has 0 saturated carbocycles. The van der Waals surface area contributed by atoms with Crippen LogP contribution in [0.3, 0.4) is 0 Å². The van der Waals surface area contributed by atoms with Gasteiger partial charge >= 0.3 is 0 Å². The number of hydrogen-bond donors (Lipinski definition) is 1. The summed E-state index contributed by atoms with van der Waals surface area (Å²) in [6.45, 7) is 0. The van der Waals surface area contributed by atoms with Crippen molar-refractivity contribution in [1.29, 1.82) is 0 Å². The Morgan fingerprint density at radius 1 is 1.16 bits per heavy atom. The summed E-state index contributed by atoms with van der Waals surface area (Å²) in [6.07, 6.45) is 0. The van der Waals surface area contributed by atoms with Crippen LogP contribution in [-0.4, -0.2) is 5.91 Å². The molecule has 5 heteroatoms.